The molecule has 0 bridgehead atoms. The van der Waals surface area contributed by atoms with E-state index in [-0.39, 0.29) is 11.3 Å². The lowest BCUT2D eigenvalue weighted by Crippen LogP contribution is -2.19. The van der Waals surface area contributed by atoms with Gasteiger partial charge in [0.2, 0.25) is 0 Å². The number of nitrogens with zero attached hydrogens (tertiary/aromatic N) is 3. The van der Waals surface area contributed by atoms with Crippen LogP contribution in [0.25, 0.3) is 5.69 Å². The summed E-state index contributed by atoms with van der Waals surface area (Å²) in [6, 6.07) is 14.7. The highest BCUT2D eigenvalue weighted by Gasteiger charge is 2.14. The smallest absolute Gasteiger partial charge is 0.297 e. The largest absolute Gasteiger partial charge is 0.508 e. The Morgan fingerprint density at radius 2 is 1.79 bits per heavy atom. The Morgan fingerprint density at radius 3 is 2.46 bits per heavy atom. The summed E-state index contributed by atoms with van der Waals surface area (Å²) in [6.45, 7) is 3.69. The molecule has 1 N–H and O–H groups in total. The van der Waals surface area contributed by atoms with Crippen molar-refractivity contribution in [1.82, 2.24) is 9.36 Å². The van der Waals surface area contributed by atoms with E-state index in [0.29, 0.717) is 5.69 Å². The van der Waals surface area contributed by atoms with Gasteiger partial charge in [-0.1, -0.05) is 18.2 Å². The highest BCUT2D eigenvalue weighted by atomic mass is 16.3. The fraction of sp³-hybridized carbons (Fsp3) is 0.158. The third-order valence-electron chi connectivity index (χ3n) is 4.09. The van der Waals surface area contributed by atoms with E-state index >= 15 is 0 Å². The molecule has 0 amide bonds. The number of hydrogen-bond donors (Lipinski definition) is 1. The van der Waals surface area contributed by atoms with Gasteiger partial charge < -0.3 is 5.11 Å². The molecular formula is C19H19N3O2. The molecule has 0 radical (unpaired) electrons. The standard InChI is InChI=1S/C19H19N3O2/c1-13-11-15(9-10-17(13)23)12-20-18-14(2)21(3)22(19(18)24)16-7-5-4-6-8-16/h4-12,23H,1-3H3. The molecule has 1 heterocycles. The Labute approximate surface area is 140 Å². The number of phenolic OH excluding ortho intramolecular Hbond substituents is 1. The van der Waals surface area contributed by atoms with Gasteiger partial charge in [-0.05, 0) is 55.3 Å². The summed E-state index contributed by atoms with van der Waals surface area (Å²) in [5, 5.41) is 9.58. The molecule has 5 nitrogen and oxygen atoms in total. The molecular weight excluding hydrogens is 302 g/mol. The third-order valence-corrected chi connectivity index (χ3v) is 4.09. The zero-order valence-electron chi connectivity index (χ0n) is 13.9. The van der Waals surface area contributed by atoms with Crippen LogP contribution in [0.4, 0.5) is 5.69 Å². The highest BCUT2D eigenvalue weighted by Crippen LogP contribution is 2.19. The van der Waals surface area contributed by atoms with Crippen LogP contribution in [0.3, 0.4) is 0 Å². The molecule has 3 aromatic rings. The van der Waals surface area contributed by atoms with Gasteiger partial charge in [-0.3, -0.25) is 9.48 Å². The Hall–Kier alpha value is -3.08. The van der Waals surface area contributed by atoms with Gasteiger partial charge in [-0.15, -0.1) is 0 Å². The summed E-state index contributed by atoms with van der Waals surface area (Å²) in [6.07, 6.45) is 1.64. The Balaban J connectivity index is 2.05. The van der Waals surface area contributed by atoms with Crippen molar-refractivity contribution in [1.29, 1.82) is 0 Å². The minimum absolute atomic E-state index is 0.159. The van der Waals surface area contributed by atoms with Crippen LogP contribution in [0.1, 0.15) is 16.8 Å². The first kappa shape index (κ1) is 15.8. The second kappa shape index (κ2) is 6.20. The number of rotatable bonds is 3. The molecule has 24 heavy (non-hydrogen) atoms. The molecule has 5 heteroatoms. The first-order valence-electron chi connectivity index (χ1n) is 7.66. The number of hydrogen-bond acceptors (Lipinski definition) is 3. The summed E-state index contributed by atoms with van der Waals surface area (Å²) < 4.78 is 3.40. The number of aromatic nitrogens is 2. The summed E-state index contributed by atoms with van der Waals surface area (Å²) in [5.74, 6) is 0.245. The summed E-state index contributed by atoms with van der Waals surface area (Å²) in [5.41, 5.74) is 3.44. The van der Waals surface area contributed by atoms with Gasteiger partial charge >= 0.3 is 0 Å². The molecule has 0 atom stereocenters. The van der Waals surface area contributed by atoms with Crippen molar-refractivity contribution in [2.45, 2.75) is 13.8 Å². The van der Waals surface area contributed by atoms with E-state index in [1.807, 2.05) is 57.3 Å². The number of para-hydroxylation sites is 1. The SMILES string of the molecule is Cc1cc(C=Nc2c(C)n(C)n(-c3ccccc3)c2=O)ccc1O. The number of phenols is 1. The normalized spacial score (nSPS) is 11.3. The van der Waals surface area contributed by atoms with Gasteiger partial charge in [0.05, 0.1) is 11.4 Å². The first-order chi connectivity index (χ1) is 11.5. The molecule has 0 saturated carbocycles. The fourth-order valence-electron chi connectivity index (χ4n) is 2.60. The van der Waals surface area contributed by atoms with Crippen LogP contribution >= 0.6 is 0 Å². The van der Waals surface area contributed by atoms with Crippen molar-refractivity contribution in [3.05, 3.63) is 75.7 Å². The minimum atomic E-state index is -0.159. The summed E-state index contributed by atoms with van der Waals surface area (Å²) >= 11 is 0. The molecule has 1 aromatic heterocycles. The van der Waals surface area contributed by atoms with Crippen LogP contribution in [0.5, 0.6) is 5.75 Å². The molecule has 0 fully saturated rings. The van der Waals surface area contributed by atoms with Crippen molar-refractivity contribution in [3.8, 4) is 11.4 Å². The second-order valence-corrected chi connectivity index (χ2v) is 5.71. The van der Waals surface area contributed by atoms with Gasteiger partial charge in [0.1, 0.15) is 5.75 Å². The van der Waals surface area contributed by atoms with E-state index in [0.717, 1.165) is 22.5 Å². The maximum Gasteiger partial charge on any atom is 0.297 e. The van der Waals surface area contributed by atoms with E-state index in [2.05, 4.69) is 4.99 Å². The molecule has 122 valence electrons. The highest BCUT2D eigenvalue weighted by molar-refractivity contribution is 5.82. The number of aryl methyl sites for hydroxylation is 1. The van der Waals surface area contributed by atoms with Crippen molar-refractivity contribution < 1.29 is 5.11 Å². The summed E-state index contributed by atoms with van der Waals surface area (Å²) in [7, 11) is 1.84. The zero-order valence-corrected chi connectivity index (χ0v) is 13.9. The van der Waals surface area contributed by atoms with E-state index in [1.54, 1.807) is 27.7 Å². The maximum atomic E-state index is 12.7. The molecule has 0 aliphatic heterocycles. The molecule has 2 aromatic carbocycles. The zero-order chi connectivity index (χ0) is 17.3. The van der Waals surface area contributed by atoms with E-state index < -0.39 is 0 Å². The maximum absolute atomic E-state index is 12.7. The number of benzene rings is 2. The fourth-order valence-corrected chi connectivity index (χ4v) is 2.60. The van der Waals surface area contributed by atoms with Gasteiger partial charge in [-0.2, -0.15) is 0 Å². The van der Waals surface area contributed by atoms with E-state index in [1.165, 1.54) is 0 Å². The predicted octanol–water partition coefficient (Wildman–Crippen LogP) is 3.25. The number of aromatic hydroxyl groups is 1. The van der Waals surface area contributed by atoms with Crippen molar-refractivity contribution in [2.75, 3.05) is 0 Å². The van der Waals surface area contributed by atoms with Crippen LogP contribution in [0.2, 0.25) is 0 Å². The van der Waals surface area contributed by atoms with Gasteiger partial charge in [-0.25, -0.2) is 9.67 Å². The number of aliphatic imine (C=N–C) groups is 1. The second-order valence-electron chi connectivity index (χ2n) is 5.71. The van der Waals surface area contributed by atoms with Crippen LogP contribution in [0.15, 0.2) is 58.3 Å². The molecule has 0 spiro atoms. The topological polar surface area (TPSA) is 59.5 Å². The molecule has 0 unspecified atom stereocenters. The van der Waals surface area contributed by atoms with Crippen LogP contribution in [-0.2, 0) is 7.05 Å². The van der Waals surface area contributed by atoms with E-state index in [4.69, 9.17) is 0 Å². The Morgan fingerprint density at radius 1 is 1.08 bits per heavy atom. The van der Waals surface area contributed by atoms with E-state index in [9.17, 15) is 9.90 Å². The Bertz CT molecular complexity index is 966. The molecule has 3 rings (SSSR count). The van der Waals surface area contributed by atoms with Gasteiger partial charge in [0, 0.05) is 13.3 Å². The Kier molecular flexibility index (Phi) is 4.08. The van der Waals surface area contributed by atoms with Gasteiger partial charge in [0.25, 0.3) is 5.56 Å². The van der Waals surface area contributed by atoms with Crippen LogP contribution < -0.4 is 5.56 Å². The monoisotopic (exact) mass is 321 g/mol. The molecule has 0 aliphatic carbocycles. The van der Waals surface area contributed by atoms with Crippen LogP contribution in [0, 0.1) is 13.8 Å². The van der Waals surface area contributed by atoms with Crippen LogP contribution in [-0.4, -0.2) is 20.7 Å². The quantitative estimate of drug-likeness (QED) is 0.753. The molecule has 0 aliphatic rings. The third kappa shape index (κ3) is 2.76. The summed E-state index contributed by atoms with van der Waals surface area (Å²) in [4.78, 5) is 17.1. The predicted molar refractivity (Wildman–Crippen MR) is 95.8 cm³/mol. The average molecular weight is 321 g/mol. The lowest BCUT2D eigenvalue weighted by molar-refractivity contribution is 0.471. The molecule has 0 saturated heterocycles. The van der Waals surface area contributed by atoms with Crippen molar-refractivity contribution in [3.63, 3.8) is 0 Å². The average Bonchev–Trinajstić information content (AvgIpc) is 2.79. The first-order valence-corrected chi connectivity index (χ1v) is 7.66. The van der Waals surface area contributed by atoms with Crippen molar-refractivity contribution >= 4 is 11.9 Å². The lowest BCUT2D eigenvalue weighted by Gasteiger charge is -2.07. The van der Waals surface area contributed by atoms with Gasteiger partial charge in [0.15, 0.2) is 5.69 Å². The lowest BCUT2D eigenvalue weighted by atomic mass is 10.1. The van der Waals surface area contributed by atoms with Crippen molar-refractivity contribution in [2.24, 2.45) is 12.0 Å². The minimum Gasteiger partial charge on any atom is -0.508 e.